The van der Waals surface area contributed by atoms with Crippen LogP contribution in [0.25, 0.3) is 10.8 Å². The Bertz CT molecular complexity index is 1310. The van der Waals surface area contributed by atoms with E-state index in [1.807, 2.05) is 0 Å². The van der Waals surface area contributed by atoms with Crippen molar-refractivity contribution in [3.05, 3.63) is 22.8 Å². The topological polar surface area (TPSA) is 224 Å². The van der Waals surface area contributed by atoms with Gasteiger partial charge in [-0.15, -0.1) is 0 Å². The Hall–Kier alpha value is -3.04. The third kappa shape index (κ3) is 4.87. The maximum absolute atomic E-state index is 13.3. The molecule has 13 heteroatoms. The number of methoxy groups -OCH3 is 1. The van der Waals surface area contributed by atoms with Crippen LogP contribution in [-0.4, -0.2) is 109 Å². The fourth-order valence-electron chi connectivity index (χ4n) is 5.42. The van der Waals surface area contributed by atoms with E-state index >= 15 is 0 Å². The van der Waals surface area contributed by atoms with Crippen molar-refractivity contribution in [3.63, 3.8) is 0 Å². The molecule has 1 heterocycles. The van der Waals surface area contributed by atoms with Crippen LogP contribution >= 0.6 is 0 Å². The molecule has 2 aromatic rings. The molecule has 220 valence electrons. The summed E-state index contributed by atoms with van der Waals surface area (Å²) in [6.07, 6.45) is -11.3. The molecule has 2 aromatic carbocycles. The summed E-state index contributed by atoms with van der Waals surface area (Å²) >= 11 is 0. The van der Waals surface area contributed by atoms with Gasteiger partial charge in [0.15, 0.2) is 23.1 Å². The van der Waals surface area contributed by atoms with Gasteiger partial charge in [0.2, 0.25) is 6.29 Å². The number of carbonyl (C=O) groups is 2. The second-order valence-electron chi connectivity index (χ2n) is 10.4. The monoisotopic (exact) mass is 566 g/mol. The van der Waals surface area contributed by atoms with E-state index in [0.29, 0.717) is 0 Å². The molecule has 0 saturated carbocycles. The molecule has 1 aliphatic heterocycles. The quantitative estimate of drug-likeness (QED) is 0.213. The second-order valence-corrected chi connectivity index (χ2v) is 10.4. The first kappa shape index (κ1) is 29.9. The zero-order valence-electron chi connectivity index (χ0n) is 22.3. The Morgan fingerprint density at radius 1 is 1.10 bits per heavy atom. The summed E-state index contributed by atoms with van der Waals surface area (Å²) in [5.41, 5.74) is -0.296. The van der Waals surface area contributed by atoms with Crippen LogP contribution in [0.3, 0.4) is 0 Å². The van der Waals surface area contributed by atoms with E-state index in [4.69, 9.17) is 14.2 Å². The van der Waals surface area contributed by atoms with Crippen LogP contribution in [0.15, 0.2) is 6.07 Å². The van der Waals surface area contributed by atoms with E-state index in [0.717, 1.165) is 7.11 Å². The van der Waals surface area contributed by atoms with Gasteiger partial charge in [-0.3, -0.25) is 9.59 Å². The van der Waals surface area contributed by atoms with E-state index in [1.165, 1.54) is 26.8 Å². The third-order valence-electron chi connectivity index (χ3n) is 7.76. The van der Waals surface area contributed by atoms with Crippen LogP contribution in [0.5, 0.6) is 23.0 Å². The predicted molar refractivity (Wildman–Crippen MR) is 136 cm³/mol. The molecule has 13 nitrogen and oxygen atoms in total. The highest BCUT2D eigenvalue weighted by Crippen LogP contribution is 2.51. The van der Waals surface area contributed by atoms with Crippen molar-refractivity contribution in [2.45, 2.75) is 82.6 Å². The molecule has 0 amide bonds. The Morgan fingerprint density at radius 3 is 2.33 bits per heavy atom. The van der Waals surface area contributed by atoms with E-state index in [-0.39, 0.29) is 46.1 Å². The van der Waals surface area contributed by atoms with Gasteiger partial charge in [-0.05, 0) is 38.8 Å². The Morgan fingerprint density at radius 2 is 1.75 bits per heavy atom. The fourth-order valence-corrected chi connectivity index (χ4v) is 5.42. The lowest BCUT2D eigenvalue weighted by atomic mass is 9.75. The molecule has 0 bridgehead atoms. The molecule has 4 rings (SSSR count). The number of phenols is 3. The van der Waals surface area contributed by atoms with Crippen molar-refractivity contribution in [2.75, 3.05) is 7.11 Å². The fraction of sp³-hybridized carbons (Fsp3) is 0.556. The number of hydrogen-bond acceptors (Lipinski definition) is 13. The summed E-state index contributed by atoms with van der Waals surface area (Å²) in [5.74, 6) is -5.16. The molecule has 8 N–H and O–H groups in total. The van der Waals surface area contributed by atoms with Gasteiger partial charge in [0.05, 0.1) is 29.3 Å². The van der Waals surface area contributed by atoms with Crippen LogP contribution in [0.2, 0.25) is 0 Å². The Labute approximate surface area is 228 Å². The molecule has 1 aliphatic carbocycles. The first-order valence-electron chi connectivity index (χ1n) is 12.8. The summed E-state index contributed by atoms with van der Waals surface area (Å²) in [6, 6.07) is 1.34. The number of aliphatic hydroxyl groups excluding tert-OH is 5. The van der Waals surface area contributed by atoms with Gasteiger partial charge in [-0.25, -0.2) is 0 Å². The summed E-state index contributed by atoms with van der Waals surface area (Å²) in [4.78, 5) is 26.1. The molecule has 9 atom stereocenters. The number of rotatable bonds is 7. The van der Waals surface area contributed by atoms with Crippen LogP contribution in [0.1, 0.15) is 41.8 Å². The molecule has 2 aliphatic rings. The lowest BCUT2D eigenvalue weighted by molar-refractivity contribution is -0.216. The second kappa shape index (κ2) is 11.1. The van der Waals surface area contributed by atoms with Gasteiger partial charge in [0.25, 0.3) is 0 Å². The van der Waals surface area contributed by atoms with Gasteiger partial charge in [0, 0.05) is 30.4 Å². The molecule has 40 heavy (non-hydrogen) atoms. The minimum atomic E-state index is -1.85. The summed E-state index contributed by atoms with van der Waals surface area (Å²) < 4.78 is 16.7. The number of fused-ring (bicyclic) bond motifs is 2. The van der Waals surface area contributed by atoms with Gasteiger partial charge >= 0.3 is 0 Å². The molecule has 5 unspecified atom stereocenters. The Balaban J connectivity index is 1.84. The summed E-state index contributed by atoms with van der Waals surface area (Å²) in [6.45, 7) is 4.05. The van der Waals surface area contributed by atoms with Crippen LogP contribution in [0.4, 0.5) is 0 Å². The number of aromatic hydroxyl groups is 3. The van der Waals surface area contributed by atoms with E-state index in [1.54, 1.807) is 0 Å². The number of ketones is 2. The van der Waals surface area contributed by atoms with Gasteiger partial charge in [-0.1, -0.05) is 0 Å². The van der Waals surface area contributed by atoms with Crippen molar-refractivity contribution in [1.29, 1.82) is 0 Å². The molecular formula is C27H34O13. The van der Waals surface area contributed by atoms with Crippen molar-refractivity contribution >= 4 is 22.3 Å². The number of phenolic OH excluding ortho intramolecular Hbond substituents is 3. The molecule has 0 radical (unpaired) electrons. The highest BCUT2D eigenvalue weighted by atomic mass is 16.7. The molecule has 0 spiro atoms. The van der Waals surface area contributed by atoms with E-state index in [2.05, 4.69) is 0 Å². The largest absolute Gasteiger partial charge is 0.507 e. The molecule has 0 aromatic heterocycles. The minimum Gasteiger partial charge on any atom is -0.507 e. The highest BCUT2D eigenvalue weighted by Gasteiger charge is 2.46. The maximum Gasteiger partial charge on any atom is 0.203 e. The molecule has 1 fully saturated rings. The third-order valence-corrected chi connectivity index (χ3v) is 7.76. The lowest BCUT2D eigenvalue weighted by Gasteiger charge is -2.36. The number of ether oxygens (including phenoxy) is 3. The maximum atomic E-state index is 13.3. The predicted octanol–water partition coefficient (Wildman–Crippen LogP) is -0.458. The number of aliphatic hydroxyl groups is 5. The summed E-state index contributed by atoms with van der Waals surface area (Å²) in [7, 11) is 1.14. The highest BCUT2D eigenvalue weighted by molar-refractivity contribution is 6.12. The number of hydrogen-bond donors (Lipinski definition) is 8. The van der Waals surface area contributed by atoms with Crippen molar-refractivity contribution in [2.24, 2.45) is 5.92 Å². The Kier molecular flexibility index (Phi) is 8.30. The number of Topliss-reactive ketones (excluding diaryl/α,β-unsaturated/α-hetero) is 2. The van der Waals surface area contributed by atoms with Crippen molar-refractivity contribution in [3.8, 4) is 23.0 Å². The van der Waals surface area contributed by atoms with Crippen LogP contribution in [-0.2, 0) is 20.7 Å². The zero-order chi connectivity index (χ0) is 29.8. The number of carbonyl (C=O) groups excluding carboxylic acids is 2. The van der Waals surface area contributed by atoms with Gasteiger partial charge in [0.1, 0.15) is 35.9 Å². The standard InChI is InChI=1S/C27H34O13/c1-8-18(30)17-12(27(19(8)31)40-15-7-14(29)21(33)10(3)39-15)5-11-6-13(22(34)24(36)16(11)23(17)35)26(38-4)25(37)20(32)9(2)28/h5,9-10,13-15,20-22,26,28-35H,6-7H2,1-4H3/t9?,10-,13?,14-,15+,20?,21+,22?,26?/m1/s1. The van der Waals surface area contributed by atoms with Crippen LogP contribution < -0.4 is 4.74 Å². The summed E-state index contributed by atoms with van der Waals surface area (Å²) in [5, 5.41) is 83.3. The van der Waals surface area contributed by atoms with E-state index in [9.17, 15) is 50.4 Å². The first-order valence-corrected chi connectivity index (χ1v) is 12.8. The first-order chi connectivity index (χ1) is 18.7. The smallest absolute Gasteiger partial charge is 0.203 e. The van der Waals surface area contributed by atoms with E-state index < -0.39 is 83.8 Å². The van der Waals surface area contributed by atoms with Crippen LogP contribution in [0, 0.1) is 12.8 Å². The average Bonchev–Trinajstić information content (AvgIpc) is 2.90. The van der Waals surface area contributed by atoms with Gasteiger partial charge < -0.3 is 55.1 Å². The normalized spacial score (nSPS) is 29.1. The van der Waals surface area contributed by atoms with Crippen molar-refractivity contribution < 1.29 is 64.7 Å². The molecular weight excluding hydrogens is 532 g/mol. The zero-order valence-corrected chi connectivity index (χ0v) is 22.3. The van der Waals surface area contributed by atoms with Gasteiger partial charge in [-0.2, -0.15) is 0 Å². The minimum absolute atomic E-state index is 0.0408. The number of benzene rings is 2. The lowest BCUT2D eigenvalue weighted by Crippen LogP contribution is -2.50. The SMILES string of the molecule is COC(C(=O)C(O)C(C)O)C1Cc2cc3c(O[C@H]4C[C@@H](O)[C@@H](O)[C@@H](C)O4)c(O)c(C)c(O)c3c(O)c2C(=O)C1O. The average molecular weight is 567 g/mol. The molecule has 1 saturated heterocycles. The van der Waals surface area contributed by atoms with Crippen molar-refractivity contribution in [1.82, 2.24) is 0 Å².